The highest BCUT2D eigenvalue weighted by Gasteiger charge is 2.24. The molecule has 10 aromatic rings. The van der Waals surface area contributed by atoms with E-state index in [1.165, 1.54) is 0 Å². The van der Waals surface area contributed by atoms with Gasteiger partial charge in [0.05, 0.1) is 110 Å². The molecule has 12 rings (SSSR count). The predicted molar refractivity (Wildman–Crippen MR) is 339 cm³/mol. The van der Waals surface area contributed by atoms with Crippen molar-refractivity contribution in [2.24, 2.45) is 0 Å². The highest BCUT2D eigenvalue weighted by molar-refractivity contribution is 9.12. The predicted octanol–water partition coefficient (Wildman–Crippen LogP) is 14.1. The van der Waals surface area contributed by atoms with Gasteiger partial charge in [0.1, 0.15) is 34.5 Å². The molecule has 6 heterocycles. The number of hydrogen-bond acceptors (Lipinski definition) is 14. The van der Waals surface area contributed by atoms with Crippen molar-refractivity contribution in [2.45, 2.75) is 53.6 Å². The summed E-state index contributed by atoms with van der Waals surface area (Å²) >= 11 is 13.5. The van der Waals surface area contributed by atoms with Crippen LogP contribution in [0.3, 0.4) is 0 Å². The van der Waals surface area contributed by atoms with Gasteiger partial charge < -0.3 is 37.1 Å². The molecule has 84 heavy (non-hydrogen) atoms. The van der Waals surface area contributed by atoms with E-state index in [1.807, 2.05) is 143 Å². The summed E-state index contributed by atoms with van der Waals surface area (Å²) in [6.07, 6.45) is 9.66. The van der Waals surface area contributed by atoms with Crippen molar-refractivity contribution in [1.82, 2.24) is 29.4 Å². The summed E-state index contributed by atoms with van der Waals surface area (Å²) < 4.78 is 38.4. The van der Waals surface area contributed by atoms with Gasteiger partial charge in [-0.2, -0.15) is 0 Å². The number of aromatic nitrogens is 6. The fourth-order valence-corrected chi connectivity index (χ4v) is 11.7. The quantitative estimate of drug-likeness (QED) is 0.125. The molecule has 0 N–H and O–H groups in total. The molecule has 0 saturated heterocycles. The third-order valence-electron chi connectivity index (χ3n) is 13.9. The number of carbonyl (C=O) groups is 2. The fourth-order valence-electron chi connectivity index (χ4n) is 9.79. The summed E-state index contributed by atoms with van der Waals surface area (Å²) in [5, 5.41) is 9.96. The van der Waals surface area contributed by atoms with Crippen molar-refractivity contribution in [3.05, 3.63) is 217 Å². The first kappa shape index (κ1) is 60.5. The van der Waals surface area contributed by atoms with Gasteiger partial charge in [0.15, 0.2) is 11.6 Å². The lowest BCUT2D eigenvalue weighted by molar-refractivity contribution is -0.115. The molecule has 0 unspecified atom stereocenters. The van der Waals surface area contributed by atoms with Crippen LogP contribution in [0.2, 0.25) is 0 Å². The summed E-state index contributed by atoms with van der Waals surface area (Å²) in [6.45, 7) is 8.12. The van der Waals surface area contributed by atoms with Crippen molar-refractivity contribution in [2.75, 3.05) is 28.4 Å². The van der Waals surface area contributed by atoms with Crippen LogP contribution in [0.25, 0.3) is 56.2 Å². The standard InChI is InChI=1S/C26H24N4O4.C16H12Br2N2O2.C11H8Br2O2.C11H10O2/c1-14-24(16(3)33-28-14)20-10-18-11-21(25-15(2)29-34-17(25)4)26(31)30(22(18)12-23(20)32-5)13-19-8-6-7-9-27-19;1-22-15-8-14-10(6-12(15)17)7-13(18)16(21)20(14)9-11-4-2-3-5-19-11;1-15-11-5-7-4-10(14)8(12)2-6(7)3-9(11)13;1-13-11-5-3-8-2-4-10(12)6-9(8)7-11/h6-12H,13H2,1-5H3;2-8H,9H2,1H3;2-3,5H,4H2,1H3;2-5,7H,6H2,1H3. The third kappa shape index (κ3) is 13.3. The van der Waals surface area contributed by atoms with Gasteiger partial charge in [-0.05, 0) is 204 Å². The largest absolute Gasteiger partial charge is 0.497 e. The second-order valence-corrected chi connectivity index (χ2v) is 22.8. The first-order valence-corrected chi connectivity index (χ1v) is 29.2. The monoisotopic (exact) mass is 1380 g/mol. The number of nitrogens with zero attached hydrogens (tertiary/aromatic N) is 6. The van der Waals surface area contributed by atoms with Gasteiger partial charge in [-0.25, -0.2) is 0 Å². The van der Waals surface area contributed by atoms with E-state index in [0.29, 0.717) is 74.7 Å². The number of halogens is 4. The second-order valence-electron chi connectivity index (χ2n) is 19.3. The zero-order chi connectivity index (χ0) is 59.9. The van der Waals surface area contributed by atoms with Crippen molar-refractivity contribution in [3.63, 3.8) is 0 Å². The molecule has 428 valence electrons. The summed E-state index contributed by atoms with van der Waals surface area (Å²) in [4.78, 5) is 57.6. The molecular formula is C64H54Br4N6O10. The average molecular weight is 1390 g/mol. The van der Waals surface area contributed by atoms with Crippen LogP contribution in [0.15, 0.2) is 158 Å². The van der Waals surface area contributed by atoms with E-state index >= 15 is 0 Å². The molecular weight excluding hydrogens is 1330 g/mol. The van der Waals surface area contributed by atoms with Gasteiger partial charge >= 0.3 is 0 Å². The molecule has 0 radical (unpaired) electrons. The molecule has 0 bridgehead atoms. The number of methoxy groups -OCH3 is 4. The molecule has 6 aromatic heterocycles. The first-order chi connectivity index (χ1) is 40.4. The first-order valence-electron chi connectivity index (χ1n) is 26.0. The summed E-state index contributed by atoms with van der Waals surface area (Å²) in [7, 11) is 6.46. The van der Waals surface area contributed by atoms with Crippen LogP contribution in [-0.4, -0.2) is 69.4 Å². The second kappa shape index (κ2) is 26.7. The maximum absolute atomic E-state index is 13.8. The Morgan fingerprint density at radius 2 is 1.06 bits per heavy atom. The maximum Gasteiger partial charge on any atom is 0.265 e. The van der Waals surface area contributed by atoms with Gasteiger partial charge in [-0.3, -0.25) is 29.1 Å². The number of hydrogen-bond donors (Lipinski definition) is 0. The molecule has 16 nitrogen and oxygen atoms in total. The summed E-state index contributed by atoms with van der Waals surface area (Å²) in [5.41, 5.74) is 11.5. The number of pyridine rings is 4. The number of allylic oxidation sites excluding steroid dienone is 2. The smallest absolute Gasteiger partial charge is 0.265 e. The Kier molecular flexibility index (Phi) is 19.2. The van der Waals surface area contributed by atoms with Gasteiger partial charge in [0.2, 0.25) is 0 Å². The number of carbonyl (C=O) groups excluding carboxylic acids is 2. The molecule has 20 heteroatoms. The Balaban J connectivity index is 0.000000145. The SMILES string of the molecule is COc1cc2c(cc1-c1c(C)noc1C)cc(-c1c(C)noc1C)c(=O)n2Cc1ccccn1.COc1cc2c(cc1Br)C=C(Br)C(=O)C2.COc1cc2c(cc1Br)cc(Br)c(=O)n2Cc1ccccn1.COc1ccc2c(c1)CC(=O)C=C2. The number of aryl methyl sites for hydroxylation is 4. The maximum atomic E-state index is 13.8. The number of ether oxygens (including phenoxy) is 4. The van der Waals surface area contributed by atoms with Crippen molar-refractivity contribution in [3.8, 4) is 45.3 Å². The van der Waals surface area contributed by atoms with Gasteiger partial charge in [-0.1, -0.05) is 34.6 Å². The van der Waals surface area contributed by atoms with E-state index in [0.717, 1.165) is 92.7 Å². The average Bonchev–Trinajstić information content (AvgIpc) is 2.67. The Morgan fingerprint density at radius 1 is 0.524 bits per heavy atom. The molecule has 2 aliphatic rings. The molecule has 0 saturated carbocycles. The minimum absolute atomic E-state index is 0.0949. The molecule has 0 fully saturated rings. The summed E-state index contributed by atoms with van der Waals surface area (Å²) in [5.74, 6) is 4.42. The summed E-state index contributed by atoms with van der Waals surface area (Å²) in [6, 6.07) is 32.4. The fraction of sp³-hybridized carbons (Fsp3) is 0.188. The minimum Gasteiger partial charge on any atom is -0.497 e. The Hall–Kier alpha value is -8.04. The van der Waals surface area contributed by atoms with E-state index in [9.17, 15) is 19.2 Å². The van der Waals surface area contributed by atoms with Crippen LogP contribution in [0.1, 0.15) is 56.6 Å². The minimum atomic E-state index is -0.153. The molecule has 0 amide bonds. The Labute approximate surface area is 516 Å². The number of benzene rings is 4. The lowest BCUT2D eigenvalue weighted by Gasteiger charge is -2.16. The third-order valence-corrected chi connectivity index (χ3v) is 16.4. The van der Waals surface area contributed by atoms with Crippen LogP contribution in [0.5, 0.6) is 23.0 Å². The Morgan fingerprint density at radius 3 is 1.63 bits per heavy atom. The van der Waals surface area contributed by atoms with Crippen LogP contribution in [0, 0.1) is 27.7 Å². The van der Waals surface area contributed by atoms with E-state index in [1.54, 1.807) is 56.0 Å². The lowest BCUT2D eigenvalue weighted by Crippen LogP contribution is -2.23. The molecule has 0 aliphatic heterocycles. The van der Waals surface area contributed by atoms with Crippen LogP contribution < -0.4 is 30.1 Å². The van der Waals surface area contributed by atoms with Crippen LogP contribution in [0.4, 0.5) is 0 Å². The number of fused-ring (bicyclic) bond motifs is 4. The Bertz CT molecular complexity index is 4300. The zero-order valence-electron chi connectivity index (χ0n) is 46.8. The van der Waals surface area contributed by atoms with Crippen LogP contribution in [-0.2, 0) is 35.5 Å². The van der Waals surface area contributed by atoms with Crippen molar-refractivity contribution >= 4 is 109 Å². The van der Waals surface area contributed by atoms with Gasteiger partial charge in [-0.15, -0.1) is 0 Å². The highest BCUT2D eigenvalue weighted by Crippen LogP contribution is 2.39. The molecule has 0 atom stereocenters. The topological polar surface area (TPSA) is 193 Å². The molecule has 2 aliphatic carbocycles. The number of rotatable bonds is 10. The lowest BCUT2D eigenvalue weighted by atomic mass is 9.96. The van der Waals surface area contributed by atoms with Gasteiger partial charge in [0.25, 0.3) is 11.1 Å². The normalized spacial score (nSPS) is 12.2. The zero-order valence-corrected chi connectivity index (χ0v) is 53.2. The number of Topliss-reactive ketones (excluding diaryl/α,β-unsaturated/α-hetero) is 1. The van der Waals surface area contributed by atoms with Crippen molar-refractivity contribution < 1.29 is 37.6 Å². The highest BCUT2D eigenvalue weighted by atomic mass is 79.9. The van der Waals surface area contributed by atoms with E-state index in [-0.39, 0.29) is 22.7 Å². The van der Waals surface area contributed by atoms with E-state index in [4.69, 9.17) is 28.0 Å². The van der Waals surface area contributed by atoms with Crippen molar-refractivity contribution in [1.29, 1.82) is 0 Å². The number of ketones is 2. The molecule has 4 aromatic carbocycles. The van der Waals surface area contributed by atoms with E-state index < -0.39 is 0 Å². The van der Waals surface area contributed by atoms with Crippen LogP contribution >= 0.6 is 63.7 Å². The molecule has 0 spiro atoms. The van der Waals surface area contributed by atoms with Gasteiger partial charge in [0, 0.05) is 48.3 Å². The van der Waals surface area contributed by atoms with E-state index in [2.05, 4.69) is 84.0 Å².